The summed E-state index contributed by atoms with van der Waals surface area (Å²) in [7, 11) is 1.28. The van der Waals surface area contributed by atoms with Crippen LogP contribution >= 0.6 is 0 Å². The number of aliphatic carboxylic acids is 1. The van der Waals surface area contributed by atoms with Crippen molar-refractivity contribution in [3.63, 3.8) is 0 Å². The molecule has 1 aromatic carbocycles. The minimum Gasteiger partial charge on any atom is -0.497 e. The first-order valence-corrected chi connectivity index (χ1v) is 5.32. The fraction of sp³-hybridized carbons (Fsp3) is 0.417. The predicted molar refractivity (Wildman–Crippen MR) is 56.5 cm³/mol. The van der Waals surface area contributed by atoms with Gasteiger partial charge in [-0.25, -0.2) is 0 Å². The molecule has 0 aromatic heterocycles. The first-order chi connectivity index (χ1) is 8.34. The smallest absolute Gasteiger partial charge is 0.416 e. The molecule has 0 amide bonds. The van der Waals surface area contributed by atoms with Gasteiger partial charge >= 0.3 is 12.1 Å². The highest BCUT2D eigenvalue weighted by Gasteiger charge is 2.48. The molecule has 1 fully saturated rings. The molecule has 3 nitrogen and oxygen atoms in total. The van der Waals surface area contributed by atoms with Crippen molar-refractivity contribution in [2.24, 2.45) is 5.92 Å². The summed E-state index contributed by atoms with van der Waals surface area (Å²) in [4.78, 5) is 10.7. The molecule has 0 spiro atoms. The molecule has 1 aliphatic rings. The van der Waals surface area contributed by atoms with E-state index in [9.17, 15) is 18.0 Å². The predicted octanol–water partition coefficient (Wildman–Crippen LogP) is 2.90. The Balaban J connectivity index is 2.39. The molecule has 18 heavy (non-hydrogen) atoms. The number of hydrogen-bond donors (Lipinski definition) is 1. The van der Waals surface area contributed by atoms with Gasteiger partial charge in [-0.15, -0.1) is 0 Å². The molecule has 2 atom stereocenters. The topological polar surface area (TPSA) is 46.5 Å². The fourth-order valence-electron chi connectivity index (χ4n) is 2.04. The molecular formula is C12H11F3O3. The zero-order chi connectivity index (χ0) is 13.5. The van der Waals surface area contributed by atoms with Gasteiger partial charge in [-0.05, 0) is 30.0 Å². The molecule has 0 aliphatic heterocycles. The highest BCUT2D eigenvalue weighted by Crippen LogP contribution is 2.51. The molecule has 0 saturated heterocycles. The van der Waals surface area contributed by atoms with Gasteiger partial charge in [-0.1, -0.05) is 6.07 Å². The fourth-order valence-corrected chi connectivity index (χ4v) is 2.04. The van der Waals surface area contributed by atoms with Crippen molar-refractivity contribution in [2.45, 2.75) is 18.5 Å². The number of rotatable bonds is 3. The van der Waals surface area contributed by atoms with Crippen molar-refractivity contribution in [1.82, 2.24) is 0 Å². The van der Waals surface area contributed by atoms with Crippen LogP contribution in [0, 0.1) is 5.92 Å². The standard InChI is InChI=1S/C12H11F3O3/c1-18-6-2-3-7(8-5-9(8)11(16)17)10(4-6)12(13,14)15/h2-4,8-9H,5H2,1H3,(H,16,17)/t8-,9+/m0/s1. The van der Waals surface area contributed by atoms with Crippen molar-refractivity contribution in [2.75, 3.05) is 7.11 Å². The Morgan fingerprint density at radius 3 is 2.56 bits per heavy atom. The summed E-state index contributed by atoms with van der Waals surface area (Å²) in [5.41, 5.74) is -0.772. The van der Waals surface area contributed by atoms with Gasteiger partial charge in [0.25, 0.3) is 0 Å². The molecular weight excluding hydrogens is 249 g/mol. The third-order valence-corrected chi connectivity index (χ3v) is 3.07. The van der Waals surface area contributed by atoms with Crippen LogP contribution < -0.4 is 4.74 Å². The first-order valence-electron chi connectivity index (χ1n) is 5.32. The van der Waals surface area contributed by atoms with E-state index in [0.29, 0.717) is 0 Å². The van der Waals surface area contributed by atoms with Crippen LogP contribution in [0.2, 0.25) is 0 Å². The van der Waals surface area contributed by atoms with Crippen LogP contribution in [-0.4, -0.2) is 18.2 Å². The van der Waals surface area contributed by atoms with E-state index in [-0.39, 0.29) is 17.7 Å². The Morgan fingerprint density at radius 1 is 1.44 bits per heavy atom. The van der Waals surface area contributed by atoms with E-state index >= 15 is 0 Å². The van der Waals surface area contributed by atoms with E-state index in [1.807, 2.05) is 0 Å². The summed E-state index contributed by atoms with van der Waals surface area (Å²) in [5, 5.41) is 8.77. The molecule has 0 bridgehead atoms. The van der Waals surface area contributed by atoms with Gasteiger partial charge in [0.05, 0.1) is 18.6 Å². The van der Waals surface area contributed by atoms with Gasteiger partial charge in [0.2, 0.25) is 0 Å². The summed E-state index contributed by atoms with van der Waals surface area (Å²) < 4.78 is 43.4. The Bertz CT molecular complexity index is 482. The summed E-state index contributed by atoms with van der Waals surface area (Å²) in [5.74, 6) is -2.20. The Hall–Kier alpha value is -1.72. The molecule has 1 saturated carbocycles. The lowest BCUT2D eigenvalue weighted by molar-refractivity contribution is -0.140. The number of carboxylic acid groups (broad SMARTS) is 1. The Labute approximate surface area is 101 Å². The monoisotopic (exact) mass is 260 g/mol. The van der Waals surface area contributed by atoms with Gasteiger partial charge in [0.15, 0.2) is 0 Å². The summed E-state index contributed by atoms with van der Waals surface area (Å²) in [6.45, 7) is 0. The van der Waals surface area contributed by atoms with Gasteiger partial charge < -0.3 is 9.84 Å². The second-order valence-corrected chi connectivity index (χ2v) is 4.24. The molecule has 98 valence electrons. The minimum absolute atomic E-state index is 0.0377. The van der Waals surface area contributed by atoms with E-state index < -0.39 is 29.5 Å². The maximum atomic E-state index is 12.9. The van der Waals surface area contributed by atoms with Crippen LogP contribution in [0.25, 0.3) is 0 Å². The zero-order valence-corrected chi connectivity index (χ0v) is 9.49. The summed E-state index contributed by atoms with van der Waals surface area (Å²) >= 11 is 0. The van der Waals surface area contributed by atoms with E-state index in [4.69, 9.17) is 9.84 Å². The highest BCUT2D eigenvalue weighted by molar-refractivity contribution is 5.75. The van der Waals surface area contributed by atoms with Gasteiger partial charge in [0.1, 0.15) is 5.75 Å². The average molecular weight is 260 g/mol. The number of halogens is 3. The number of ether oxygens (including phenoxy) is 1. The summed E-state index contributed by atoms with van der Waals surface area (Å²) in [6.07, 6.45) is -4.25. The first kappa shape index (κ1) is 12.7. The lowest BCUT2D eigenvalue weighted by Gasteiger charge is -2.14. The number of hydrogen-bond acceptors (Lipinski definition) is 2. The van der Waals surface area contributed by atoms with Crippen molar-refractivity contribution < 1.29 is 27.8 Å². The van der Waals surface area contributed by atoms with E-state index in [1.54, 1.807) is 0 Å². The second-order valence-electron chi connectivity index (χ2n) is 4.24. The zero-order valence-electron chi connectivity index (χ0n) is 9.49. The molecule has 2 rings (SSSR count). The molecule has 0 unspecified atom stereocenters. The highest BCUT2D eigenvalue weighted by atomic mass is 19.4. The number of alkyl halides is 3. The van der Waals surface area contributed by atoms with Crippen LogP contribution in [0.1, 0.15) is 23.5 Å². The normalized spacial score (nSPS) is 22.7. The average Bonchev–Trinajstić information content (AvgIpc) is 3.07. The second kappa shape index (κ2) is 4.19. The maximum absolute atomic E-state index is 12.9. The number of methoxy groups -OCH3 is 1. The largest absolute Gasteiger partial charge is 0.497 e. The number of benzene rings is 1. The van der Waals surface area contributed by atoms with Gasteiger partial charge in [-0.2, -0.15) is 13.2 Å². The van der Waals surface area contributed by atoms with Crippen LogP contribution in [0.5, 0.6) is 5.75 Å². The quantitative estimate of drug-likeness (QED) is 0.908. The maximum Gasteiger partial charge on any atom is 0.416 e. The van der Waals surface area contributed by atoms with Gasteiger partial charge in [-0.3, -0.25) is 4.79 Å². The van der Waals surface area contributed by atoms with Crippen LogP contribution in [0.4, 0.5) is 13.2 Å². The third-order valence-electron chi connectivity index (χ3n) is 3.07. The molecule has 1 N–H and O–H groups in total. The van der Waals surface area contributed by atoms with Crippen molar-refractivity contribution in [3.05, 3.63) is 29.3 Å². The van der Waals surface area contributed by atoms with E-state index in [2.05, 4.69) is 0 Å². The van der Waals surface area contributed by atoms with Crippen molar-refractivity contribution in [3.8, 4) is 5.75 Å². The Morgan fingerprint density at radius 2 is 2.11 bits per heavy atom. The summed E-state index contributed by atoms with van der Waals surface area (Å²) in [6, 6.07) is 3.63. The molecule has 0 radical (unpaired) electrons. The SMILES string of the molecule is COc1ccc([C@@H]2C[C@H]2C(=O)O)c(C(F)(F)F)c1. The molecule has 1 aromatic rings. The lowest BCUT2D eigenvalue weighted by Crippen LogP contribution is -2.10. The number of carbonyl (C=O) groups is 1. The third kappa shape index (κ3) is 2.27. The van der Waals surface area contributed by atoms with Crippen molar-refractivity contribution in [1.29, 1.82) is 0 Å². The van der Waals surface area contributed by atoms with Crippen LogP contribution in [0.3, 0.4) is 0 Å². The minimum atomic E-state index is -4.50. The van der Waals surface area contributed by atoms with Crippen LogP contribution in [-0.2, 0) is 11.0 Å². The number of carboxylic acids is 1. The lowest BCUT2D eigenvalue weighted by atomic mass is 10.0. The van der Waals surface area contributed by atoms with Gasteiger partial charge in [0, 0.05) is 0 Å². The molecule has 1 aliphatic carbocycles. The van der Waals surface area contributed by atoms with E-state index in [0.717, 1.165) is 6.07 Å². The van der Waals surface area contributed by atoms with Crippen molar-refractivity contribution >= 4 is 5.97 Å². The van der Waals surface area contributed by atoms with E-state index in [1.165, 1.54) is 19.2 Å². The van der Waals surface area contributed by atoms with Crippen LogP contribution in [0.15, 0.2) is 18.2 Å². The Kier molecular flexibility index (Phi) is 2.96. The molecule has 6 heteroatoms. The molecule has 0 heterocycles.